The molecular formula is C19H13ClN2O3. The maximum atomic E-state index is 12.9. The molecule has 0 fully saturated rings. The van der Waals surface area contributed by atoms with Crippen molar-refractivity contribution in [3.05, 3.63) is 58.1 Å². The summed E-state index contributed by atoms with van der Waals surface area (Å²) in [6.45, 7) is 1.92. The molecule has 0 spiro atoms. The first-order valence-electron chi connectivity index (χ1n) is 7.77. The van der Waals surface area contributed by atoms with Crippen LogP contribution in [0.25, 0.3) is 22.0 Å². The highest BCUT2D eigenvalue weighted by atomic mass is 35.5. The first-order valence-corrected chi connectivity index (χ1v) is 8.15. The van der Waals surface area contributed by atoms with Gasteiger partial charge in [0, 0.05) is 16.5 Å². The van der Waals surface area contributed by atoms with Crippen LogP contribution in [0.2, 0.25) is 5.02 Å². The van der Waals surface area contributed by atoms with Gasteiger partial charge in [-0.15, -0.1) is 0 Å². The molecule has 0 saturated carbocycles. The van der Waals surface area contributed by atoms with Gasteiger partial charge in [0.05, 0.1) is 22.7 Å². The van der Waals surface area contributed by atoms with E-state index in [0.717, 1.165) is 0 Å². The van der Waals surface area contributed by atoms with Gasteiger partial charge in [0.2, 0.25) is 0 Å². The van der Waals surface area contributed by atoms with Gasteiger partial charge < -0.3 is 10.5 Å². The maximum Gasteiger partial charge on any atom is 0.342 e. The Morgan fingerprint density at radius 1 is 1.16 bits per heavy atom. The Labute approximate surface area is 148 Å². The molecule has 0 saturated heterocycles. The number of benzene rings is 2. The summed E-state index contributed by atoms with van der Waals surface area (Å²) in [5, 5.41) is 0.850. The number of carbonyl (C=O) groups is 2. The number of hydrogen-bond donors (Lipinski definition) is 1. The summed E-state index contributed by atoms with van der Waals surface area (Å²) >= 11 is 6.31. The molecule has 2 N–H and O–H groups in total. The molecule has 0 unspecified atom stereocenters. The van der Waals surface area contributed by atoms with Crippen molar-refractivity contribution in [3.63, 3.8) is 0 Å². The Kier molecular flexibility index (Phi) is 3.47. The zero-order valence-corrected chi connectivity index (χ0v) is 14.1. The number of carbonyl (C=O) groups excluding carboxylic acids is 2. The lowest BCUT2D eigenvalue weighted by atomic mass is 9.82. The highest BCUT2D eigenvalue weighted by Gasteiger charge is 2.32. The number of hydrogen-bond acceptors (Lipinski definition) is 5. The van der Waals surface area contributed by atoms with E-state index < -0.39 is 5.97 Å². The molecule has 0 amide bonds. The van der Waals surface area contributed by atoms with Crippen LogP contribution in [0.1, 0.15) is 33.2 Å². The average molecular weight is 353 g/mol. The lowest BCUT2D eigenvalue weighted by molar-refractivity contribution is 0.0528. The van der Waals surface area contributed by atoms with Gasteiger partial charge in [0.1, 0.15) is 11.4 Å². The fourth-order valence-electron chi connectivity index (χ4n) is 3.29. The quantitative estimate of drug-likeness (QED) is 0.554. The number of fused-ring (bicyclic) bond motifs is 2. The first kappa shape index (κ1) is 15.6. The van der Waals surface area contributed by atoms with Gasteiger partial charge in [-0.2, -0.15) is 0 Å². The molecule has 0 bridgehead atoms. The van der Waals surface area contributed by atoms with Gasteiger partial charge in [-0.3, -0.25) is 4.79 Å². The Hall–Kier alpha value is -2.92. The van der Waals surface area contributed by atoms with Crippen molar-refractivity contribution in [2.45, 2.75) is 6.92 Å². The maximum absolute atomic E-state index is 12.9. The molecule has 1 heterocycles. The average Bonchev–Trinajstić information content (AvgIpc) is 2.60. The zero-order chi connectivity index (χ0) is 17.7. The molecule has 1 aliphatic rings. The van der Waals surface area contributed by atoms with E-state index in [0.29, 0.717) is 38.2 Å². The van der Waals surface area contributed by atoms with Crippen molar-refractivity contribution in [2.75, 3.05) is 12.3 Å². The third-order valence-electron chi connectivity index (χ3n) is 4.28. The Balaban J connectivity index is 2.24. The van der Waals surface area contributed by atoms with Crippen molar-refractivity contribution in [3.8, 4) is 11.1 Å². The fraction of sp³-hybridized carbons (Fsp3) is 0.105. The van der Waals surface area contributed by atoms with Crippen molar-refractivity contribution >= 4 is 40.1 Å². The van der Waals surface area contributed by atoms with E-state index in [4.69, 9.17) is 22.1 Å². The lowest BCUT2D eigenvalue weighted by Gasteiger charge is -2.23. The molecule has 1 aromatic heterocycles. The van der Waals surface area contributed by atoms with Gasteiger partial charge in [-0.1, -0.05) is 35.9 Å². The second kappa shape index (κ2) is 5.57. The summed E-state index contributed by atoms with van der Waals surface area (Å²) < 4.78 is 5.16. The van der Waals surface area contributed by atoms with E-state index in [-0.39, 0.29) is 23.8 Å². The van der Waals surface area contributed by atoms with Crippen molar-refractivity contribution < 1.29 is 14.3 Å². The minimum absolute atomic E-state index is 0.0679. The van der Waals surface area contributed by atoms with Gasteiger partial charge >= 0.3 is 5.97 Å². The van der Waals surface area contributed by atoms with Crippen molar-refractivity contribution in [1.29, 1.82) is 0 Å². The highest BCUT2D eigenvalue weighted by Crippen LogP contribution is 2.44. The molecular weight excluding hydrogens is 340 g/mol. The van der Waals surface area contributed by atoms with E-state index in [1.165, 1.54) is 0 Å². The molecule has 4 rings (SSSR count). The molecule has 25 heavy (non-hydrogen) atoms. The Morgan fingerprint density at radius 3 is 2.60 bits per heavy atom. The Morgan fingerprint density at radius 2 is 1.88 bits per heavy atom. The molecule has 0 radical (unpaired) electrons. The van der Waals surface area contributed by atoms with Crippen LogP contribution in [0.15, 0.2) is 36.4 Å². The van der Waals surface area contributed by atoms with E-state index in [1.807, 2.05) is 0 Å². The van der Waals surface area contributed by atoms with E-state index in [9.17, 15) is 9.59 Å². The minimum Gasteiger partial charge on any atom is -0.462 e. The number of ether oxygens (including phenoxy) is 1. The predicted octanol–water partition coefficient (Wildman–Crippen LogP) is 3.86. The molecule has 2 aromatic carbocycles. The largest absolute Gasteiger partial charge is 0.462 e. The number of nitrogen functional groups attached to an aromatic ring is 1. The first-order chi connectivity index (χ1) is 12.0. The van der Waals surface area contributed by atoms with Crippen LogP contribution >= 0.6 is 11.6 Å². The number of anilines is 1. The minimum atomic E-state index is -0.570. The lowest BCUT2D eigenvalue weighted by Crippen LogP contribution is -2.17. The summed E-state index contributed by atoms with van der Waals surface area (Å²) in [4.78, 5) is 29.8. The molecule has 5 nitrogen and oxygen atoms in total. The molecule has 124 valence electrons. The number of nitrogens with zero attached hydrogens (tertiary/aromatic N) is 1. The van der Waals surface area contributed by atoms with Crippen LogP contribution in [0.4, 0.5) is 5.82 Å². The second-order valence-electron chi connectivity index (χ2n) is 5.66. The predicted molar refractivity (Wildman–Crippen MR) is 96.0 cm³/mol. The third kappa shape index (κ3) is 2.13. The van der Waals surface area contributed by atoms with Crippen LogP contribution in [-0.2, 0) is 4.74 Å². The van der Waals surface area contributed by atoms with Gasteiger partial charge in [-0.05, 0) is 24.6 Å². The topological polar surface area (TPSA) is 82.3 Å². The number of ketones is 1. The van der Waals surface area contributed by atoms with Gasteiger partial charge in [-0.25, -0.2) is 9.78 Å². The van der Waals surface area contributed by atoms with Crippen LogP contribution in [0, 0.1) is 0 Å². The van der Waals surface area contributed by atoms with E-state index in [1.54, 1.807) is 43.3 Å². The Bertz CT molecular complexity index is 1080. The summed E-state index contributed by atoms with van der Waals surface area (Å²) in [5.74, 6) is -0.696. The number of pyridine rings is 1. The summed E-state index contributed by atoms with van der Waals surface area (Å²) in [6, 6.07) is 10.4. The summed E-state index contributed by atoms with van der Waals surface area (Å²) in [6.07, 6.45) is 0. The van der Waals surface area contributed by atoms with Crippen LogP contribution in [-0.4, -0.2) is 23.3 Å². The van der Waals surface area contributed by atoms with Gasteiger partial charge in [0.15, 0.2) is 5.78 Å². The highest BCUT2D eigenvalue weighted by molar-refractivity contribution is 6.39. The normalized spacial score (nSPS) is 12.2. The number of rotatable bonds is 2. The molecule has 1 aliphatic carbocycles. The number of esters is 1. The standard InChI is InChI=1S/C19H13ClN2O3/c1-2-25-19(24)16-13-9-5-3-4-6-10(9)17(23)14-11(20)7-8-12(15(13)14)22-18(16)21/h3-8H,2H2,1H3,(H2,21,22). The monoisotopic (exact) mass is 352 g/mol. The smallest absolute Gasteiger partial charge is 0.342 e. The SMILES string of the molecule is CCOC(=O)c1c(N)nc2ccc(Cl)c3c2c1-c1ccccc1C3=O. The van der Waals surface area contributed by atoms with Crippen LogP contribution < -0.4 is 5.73 Å². The fourth-order valence-corrected chi connectivity index (χ4v) is 3.53. The molecule has 0 aliphatic heterocycles. The number of aromatic nitrogens is 1. The second-order valence-corrected chi connectivity index (χ2v) is 6.07. The zero-order valence-electron chi connectivity index (χ0n) is 13.3. The molecule has 0 atom stereocenters. The molecule has 6 heteroatoms. The van der Waals surface area contributed by atoms with Crippen LogP contribution in [0.3, 0.4) is 0 Å². The van der Waals surface area contributed by atoms with Gasteiger partial charge in [0.25, 0.3) is 0 Å². The summed E-state index contributed by atoms with van der Waals surface area (Å²) in [7, 11) is 0. The van der Waals surface area contributed by atoms with E-state index in [2.05, 4.69) is 4.98 Å². The van der Waals surface area contributed by atoms with Crippen molar-refractivity contribution in [2.24, 2.45) is 0 Å². The van der Waals surface area contributed by atoms with Crippen molar-refractivity contribution in [1.82, 2.24) is 4.98 Å². The number of nitrogens with two attached hydrogens (primary N) is 1. The third-order valence-corrected chi connectivity index (χ3v) is 4.59. The molecule has 3 aromatic rings. The number of halogens is 1. The van der Waals surface area contributed by atoms with E-state index >= 15 is 0 Å². The summed E-state index contributed by atoms with van der Waals surface area (Å²) in [5.41, 5.74) is 8.74. The van der Waals surface area contributed by atoms with Crippen LogP contribution in [0.5, 0.6) is 0 Å².